The van der Waals surface area contributed by atoms with E-state index in [9.17, 15) is 13.2 Å². The van der Waals surface area contributed by atoms with E-state index in [1.165, 1.54) is 0 Å². The molecule has 2 heterocycles. The smallest absolute Gasteiger partial charge is 0.222 e. The average Bonchev–Trinajstić information content (AvgIpc) is 3.29. The highest BCUT2D eigenvalue weighted by atomic mass is 32.2. The second-order valence-electron chi connectivity index (χ2n) is 8.07. The predicted molar refractivity (Wildman–Crippen MR) is 126 cm³/mol. The van der Waals surface area contributed by atoms with Crippen molar-refractivity contribution in [1.29, 1.82) is 0 Å². The summed E-state index contributed by atoms with van der Waals surface area (Å²) in [5, 5.41) is 12.0. The van der Waals surface area contributed by atoms with E-state index < -0.39 is 10.9 Å². The van der Waals surface area contributed by atoms with Gasteiger partial charge in [0, 0.05) is 27.2 Å². The molecule has 2 aromatic heterocycles. The van der Waals surface area contributed by atoms with E-state index in [1.807, 2.05) is 24.3 Å². The summed E-state index contributed by atoms with van der Waals surface area (Å²) in [5.41, 5.74) is 3.51. The van der Waals surface area contributed by atoms with E-state index in [4.69, 9.17) is 5.10 Å². The number of fused-ring (bicyclic) bond motifs is 1. The van der Waals surface area contributed by atoms with Crippen molar-refractivity contribution in [2.75, 3.05) is 10.0 Å². The van der Waals surface area contributed by atoms with Crippen molar-refractivity contribution < 1.29 is 13.2 Å². The molecule has 0 bridgehead atoms. The summed E-state index contributed by atoms with van der Waals surface area (Å²) in [6, 6.07) is 14.5. The van der Waals surface area contributed by atoms with Crippen LogP contribution in [0.3, 0.4) is 0 Å². The first kappa shape index (κ1) is 21.9. The third-order valence-electron chi connectivity index (χ3n) is 4.65. The highest BCUT2D eigenvalue weighted by Gasteiger charge is 2.27. The van der Waals surface area contributed by atoms with Crippen LogP contribution in [-0.2, 0) is 21.1 Å². The third-order valence-corrected chi connectivity index (χ3v) is 6.18. The number of nitrogens with zero attached hydrogens (tertiary/aromatic N) is 3. The van der Waals surface area contributed by atoms with Crippen molar-refractivity contribution >= 4 is 46.1 Å². The molecule has 166 valence electrons. The summed E-state index contributed by atoms with van der Waals surface area (Å²) in [4.78, 5) is 16.0. The van der Waals surface area contributed by atoms with Crippen LogP contribution in [0.2, 0.25) is 0 Å². The van der Waals surface area contributed by atoms with Crippen LogP contribution in [0.1, 0.15) is 26.5 Å². The number of carbonyl (C=O) groups is 1. The number of anilines is 2. The van der Waals surface area contributed by atoms with E-state index in [0.29, 0.717) is 17.9 Å². The average molecular weight is 471 g/mol. The van der Waals surface area contributed by atoms with Gasteiger partial charge in [-0.2, -0.15) is 5.10 Å². The molecule has 0 aliphatic heterocycles. The Morgan fingerprint density at radius 3 is 2.25 bits per heavy atom. The molecule has 0 radical (unpaired) electrons. The van der Waals surface area contributed by atoms with E-state index in [1.54, 1.807) is 40.7 Å². The van der Waals surface area contributed by atoms with Crippen LogP contribution in [-0.4, -0.2) is 34.6 Å². The zero-order valence-electron chi connectivity index (χ0n) is 17.6. The maximum absolute atomic E-state index is 10.8. The van der Waals surface area contributed by atoms with Gasteiger partial charge in [-0.25, -0.2) is 8.42 Å². The van der Waals surface area contributed by atoms with Gasteiger partial charge in [0.1, 0.15) is 0 Å². The molecule has 0 aliphatic carbocycles. The minimum absolute atomic E-state index is 0.196. The van der Waals surface area contributed by atoms with Gasteiger partial charge in [-0.1, -0.05) is 32.5 Å². The van der Waals surface area contributed by atoms with E-state index >= 15 is 0 Å². The second kappa shape index (κ2) is 8.67. The van der Waals surface area contributed by atoms with Crippen LogP contribution >= 0.6 is 11.8 Å². The van der Waals surface area contributed by atoms with Crippen LogP contribution in [0.25, 0.3) is 17.0 Å². The summed E-state index contributed by atoms with van der Waals surface area (Å²) < 4.78 is 25.6. The van der Waals surface area contributed by atoms with E-state index in [0.717, 1.165) is 32.4 Å². The van der Waals surface area contributed by atoms with Gasteiger partial charge in [0.2, 0.25) is 17.3 Å². The number of H-pyrrole nitrogens is 1. The molecule has 0 unspecified atom stereocenters. The monoisotopic (exact) mass is 470 g/mol. The minimum atomic E-state index is -2.71. The van der Waals surface area contributed by atoms with Crippen molar-refractivity contribution in [3.05, 3.63) is 54.2 Å². The normalized spacial score (nSPS) is 11.8. The van der Waals surface area contributed by atoms with E-state index in [2.05, 4.69) is 40.9 Å². The molecule has 0 saturated heterocycles. The zero-order chi connectivity index (χ0) is 22.9. The fraction of sp³-hybridized carbons (Fsp3) is 0.190. The first-order valence-electron chi connectivity index (χ1n) is 9.73. The molecular formula is C21H22N6O3S2. The van der Waals surface area contributed by atoms with Crippen molar-refractivity contribution in [1.82, 2.24) is 19.8 Å². The van der Waals surface area contributed by atoms with Crippen molar-refractivity contribution in [2.24, 2.45) is 0 Å². The molecule has 0 saturated carbocycles. The summed E-state index contributed by atoms with van der Waals surface area (Å²) in [7, 11) is -2.71. The SMILES string of the molecule is CC(C)(C)c1nn2nc(-c3ccc(N[SH](=O)=O)cc3)[nH]c2c1Sc1ccc(NC=O)cc1. The molecule has 9 nitrogen and oxygen atoms in total. The number of aromatic nitrogens is 4. The molecule has 11 heteroatoms. The maximum atomic E-state index is 10.8. The third kappa shape index (κ3) is 4.63. The van der Waals surface area contributed by atoms with Gasteiger partial charge >= 0.3 is 0 Å². The number of hydrogen-bond donors (Lipinski definition) is 4. The van der Waals surface area contributed by atoms with Gasteiger partial charge in [0.05, 0.1) is 10.6 Å². The van der Waals surface area contributed by atoms with Gasteiger partial charge in [-0.05, 0) is 48.5 Å². The highest BCUT2D eigenvalue weighted by molar-refractivity contribution is 7.99. The molecular weight excluding hydrogens is 448 g/mol. The lowest BCUT2D eigenvalue weighted by molar-refractivity contribution is -0.105. The predicted octanol–water partition coefficient (Wildman–Crippen LogP) is 3.68. The Morgan fingerprint density at radius 2 is 1.66 bits per heavy atom. The fourth-order valence-electron chi connectivity index (χ4n) is 3.13. The molecule has 0 aliphatic rings. The Balaban J connectivity index is 1.71. The zero-order valence-corrected chi connectivity index (χ0v) is 19.3. The van der Waals surface area contributed by atoms with Crippen LogP contribution < -0.4 is 10.0 Å². The molecule has 3 N–H and O–H groups in total. The number of aromatic amines is 1. The first-order valence-corrected chi connectivity index (χ1v) is 11.7. The molecule has 32 heavy (non-hydrogen) atoms. The number of benzene rings is 2. The quantitative estimate of drug-likeness (QED) is 0.242. The molecule has 0 spiro atoms. The largest absolute Gasteiger partial charge is 0.329 e. The topological polar surface area (TPSA) is 121 Å². The second-order valence-corrected chi connectivity index (χ2v) is 9.90. The van der Waals surface area contributed by atoms with Crippen LogP contribution in [0.15, 0.2) is 58.3 Å². The Labute approximate surface area is 190 Å². The first-order chi connectivity index (χ1) is 15.2. The van der Waals surface area contributed by atoms with Crippen molar-refractivity contribution in [2.45, 2.75) is 36.0 Å². The Bertz CT molecular complexity index is 1330. The van der Waals surface area contributed by atoms with Crippen LogP contribution in [0.4, 0.5) is 11.4 Å². The lowest BCUT2D eigenvalue weighted by atomic mass is 9.92. The minimum Gasteiger partial charge on any atom is -0.329 e. The van der Waals surface area contributed by atoms with Crippen LogP contribution in [0, 0.1) is 0 Å². The summed E-state index contributed by atoms with van der Waals surface area (Å²) in [6.45, 7) is 6.30. The maximum Gasteiger partial charge on any atom is 0.222 e. The molecule has 1 amide bonds. The lowest BCUT2D eigenvalue weighted by Crippen LogP contribution is -2.13. The number of carbonyl (C=O) groups excluding carboxylic acids is 1. The summed E-state index contributed by atoms with van der Waals surface area (Å²) >= 11 is 1.57. The summed E-state index contributed by atoms with van der Waals surface area (Å²) in [5.74, 6) is 0.624. The molecule has 0 fully saturated rings. The number of rotatable bonds is 7. The number of nitrogens with one attached hydrogen (secondary N) is 3. The van der Waals surface area contributed by atoms with Gasteiger partial charge in [0.15, 0.2) is 11.5 Å². The highest BCUT2D eigenvalue weighted by Crippen LogP contribution is 2.39. The van der Waals surface area contributed by atoms with E-state index in [-0.39, 0.29) is 5.41 Å². The number of hydrogen-bond acceptors (Lipinski definition) is 6. The lowest BCUT2D eigenvalue weighted by Gasteiger charge is -2.17. The Hall–Kier alpha value is -3.31. The van der Waals surface area contributed by atoms with Crippen LogP contribution in [0.5, 0.6) is 0 Å². The molecule has 4 rings (SSSR count). The standard InChI is InChI=1S/C21H22N6O3S2/c1-21(2,3)18-17(31-16-10-8-14(9-11-16)22-12-28)20-23-19(25-27(20)24-18)13-4-6-15(7-5-13)26-32(29)30/h4-12,32H,1-3H3,(H,22,28)(H,23,25)(H,26,29,30). The van der Waals surface area contributed by atoms with Crippen molar-refractivity contribution in [3.8, 4) is 11.4 Å². The van der Waals surface area contributed by atoms with Crippen molar-refractivity contribution in [3.63, 3.8) is 0 Å². The van der Waals surface area contributed by atoms with Gasteiger partial charge in [0.25, 0.3) is 0 Å². The Morgan fingerprint density at radius 1 is 1.00 bits per heavy atom. The fourth-order valence-corrected chi connectivity index (χ4v) is 4.68. The molecule has 4 aromatic rings. The number of amides is 1. The Kier molecular flexibility index (Phi) is 5.94. The molecule has 2 aromatic carbocycles. The number of thiol groups is 1. The van der Waals surface area contributed by atoms with Gasteiger partial charge < -0.3 is 10.3 Å². The van der Waals surface area contributed by atoms with Gasteiger partial charge in [-0.15, -0.1) is 9.73 Å². The van der Waals surface area contributed by atoms with Gasteiger partial charge in [-0.3, -0.25) is 9.52 Å². The molecule has 0 atom stereocenters. The summed E-state index contributed by atoms with van der Waals surface area (Å²) in [6.07, 6.45) is 0.649.